The number of fused-ring (bicyclic) bond motifs is 1. The lowest BCUT2D eigenvalue weighted by Crippen LogP contribution is -2.15. The molecule has 20 heavy (non-hydrogen) atoms. The molecule has 0 radical (unpaired) electrons. The summed E-state index contributed by atoms with van der Waals surface area (Å²) in [7, 11) is 0. The van der Waals surface area contributed by atoms with Crippen LogP contribution in [-0.4, -0.2) is 20.5 Å². The van der Waals surface area contributed by atoms with Gasteiger partial charge in [0.25, 0.3) is 5.91 Å². The minimum absolute atomic E-state index is 0.133. The molecule has 0 aliphatic rings. The maximum atomic E-state index is 13.7. The molecule has 0 spiro atoms. The van der Waals surface area contributed by atoms with Crippen molar-refractivity contribution in [2.24, 2.45) is 5.73 Å². The standard InChI is InChI=1S/C13H10FN5O/c14-12-8(2-1-3-17-12)7-4-10-11(15)9(13(16)20)5-18-19(10)6-7/h1-6H,15H2,(H2,16,20). The number of amides is 1. The molecule has 6 nitrogen and oxygen atoms in total. The van der Waals surface area contributed by atoms with Crippen LogP contribution >= 0.6 is 0 Å². The van der Waals surface area contributed by atoms with Crippen LogP contribution in [-0.2, 0) is 0 Å². The summed E-state index contributed by atoms with van der Waals surface area (Å²) in [6, 6.07) is 4.86. The van der Waals surface area contributed by atoms with Crippen molar-refractivity contribution >= 4 is 17.1 Å². The van der Waals surface area contributed by atoms with E-state index in [1.165, 1.54) is 16.9 Å². The van der Waals surface area contributed by atoms with Crippen molar-refractivity contribution in [1.82, 2.24) is 14.6 Å². The third kappa shape index (κ3) is 1.76. The number of carbonyl (C=O) groups excluding carboxylic acids is 1. The van der Waals surface area contributed by atoms with E-state index in [9.17, 15) is 9.18 Å². The van der Waals surface area contributed by atoms with Crippen molar-refractivity contribution in [3.05, 3.63) is 48.3 Å². The Morgan fingerprint density at radius 2 is 2.20 bits per heavy atom. The first-order valence-corrected chi connectivity index (χ1v) is 5.75. The van der Waals surface area contributed by atoms with Crippen LogP contribution in [0.25, 0.3) is 16.6 Å². The maximum Gasteiger partial charge on any atom is 0.252 e. The third-order valence-corrected chi connectivity index (χ3v) is 3.01. The topological polar surface area (TPSA) is 99.3 Å². The molecule has 0 unspecified atom stereocenters. The molecule has 3 rings (SSSR count). The molecule has 0 fully saturated rings. The first kappa shape index (κ1) is 12.1. The van der Waals surface area contributed by atoms with Gasteiger partial charge < -0.3 is 11.5 Å². The second kappa shape index (κ2) is 4.30. The number of nitrogens with zero attached hydrogens (tertiary/aromatic N) is 3. The number of aromatic nitrogens is 3. The fourth-order valence-electron chi connectivity index (χ4n) is 2.02. The zero-order valence-electron chi connectivity index (χ0n) is 10.2. The summed E-state index contributed by atoms with van der Waals surface area (Å²) in [6.07, 6.45) is 4.26. The number of nitrogen functional groups attached to an aromatic ring is 1. The molecule has 100 valence electrons. The van der Waals surface area contributed by atoms with Crippen molar-refractivity contribution in [3.8, 4) is 11.1 Å². The summed E-state index contributed by atoms with van der Waals surface area (Å²) in [6.45, 7) is 0. The second-order valence-corrected chi connectivity index (χ2v) is 4.24. The fraction of sp³-hybridized carbons (Fsp3) is 0. The van der Waals surface area contributed by atoms with Gasteiger partial charge in [-0.2, -0.15) is 9.49 Å². The lowest BCUT2D eigenvalue weighted by Gasteiger charge is -2.02. The molecule has 3 heterocycles. The highest BCUT2D eigenvalue weighted by atomic mass is 19.1. The molecule has 3 aromatic rings. The van der Waals surface area contributed by atoms with E-state index < -0.39 is 11.9 Å². The summed E-state index contributed by atoms with van der Waals surface area (Å²) in [5.74, 6) is -1.25. The Morgan fingerprint density at radius 1 is 1.40 bits per heavy atom. The lowest BCUT2D eigenvalue weighted by atomic mass is 10.1. The number of carbonyl (C=O) groups is 1. The van der Waals surface area contributed by atoms with Crippen LogP contribution in [0.2, 0.25) is 0 Å². The van der Waals surface area contributed by atoms with E-state index in [2.05, 4.69) is 10.1 Å². The average Bonchev–Trinajstić information content (AvgIpc) is 2.84. The van der Waals surface area contributed by atoms with Crippen LogP contribution in [0.5, 0.6) is 0 Å². The van der Waals surface area contributed by atoms with E-state index in [0.717, 1.165) is 0 Å². The van der Waals surface area contributed by atoms with Gasteiger partial charge in [-0.15, -0.1) is 0 Å². The molecule has 0 saturated carbocycles. The zero-order chi connectivity index (χ0) is 14.3. The van der Waals surface area contributed by atoms with E-state index in [-0.39, 0.29) is 11.3 Å². The minimum atomic E-state index is -0.659. The van der Waals surface area contributed by atoms with E-state index in [4.69, 9.17) is 11.5 Å². The molecule has 0 aliphatic heterocycles. The molecule has 0 bridgehead atoms. The summed E-state index contributed by atoms with van der Waals surface area (Å²) in [4.78, 5) is 14.8. The molecule has 1 amide bonds. The molecule has 3 aromatic heterocycles. The Morgan fingerprint density at radius 3 is 2.90 bits per heavy atom. The summed E-state index contributed by atoms with van der Waals surface area (Å²) in [5, 5.41) is 4.03. The second-order valence-electron chi connectivity index (χ2n) is 4.24. The molecule has 0 aliphatic carbocycles. The minimum Gasteiger partial charge on any atom is -0.396 e. The van der Waals surface area contributed by atoms with Crippen LogP contribution in [0.3, 0.4) is 0 Å². The van der Waals surface area contributed by atoms with E-state index in [1.807, 2.05) is 0 Å². The Kier molecular flexibility index (Phi) is 2.60. The van der Waals surface area contributed by atoms with Crippen molar-refractivity contribution in [2.45, 2.75) is 0 Å². The number of hydrogen-bond donors (Lipinski definition) is 2. The normalized spacial score (nSPS) is 10.8. The highest BCUT2D eigenvalue weighted by Crippen LogP contribution is 2.27. The Balaban J connectivity index is 2.24. The van der Waals surface area contributed by atoms with Gasteiger partial charge in [0, 0.05) is 23.5 Å². The van der Waals surface area contributed by atoms with Gasteiger partial charge in [0.2, 0.25) is 5.95 Å². The Bertz CT molecular complexity index is 827. The number of halogens is 1. The first-order valence-electron chi connectivity index (χ1n) is 5.75. The number of primary amides is 1. The average molecular weight is 271 g/mol. The third-order valence-electron chi connectivity index (χ3n) is 3.01. The highest BCUT2D eigenvalue weighted by Gasteiger charge is 2.14. The highest BCUT2D eigenvalue weighted by molar-refractivity contribution is 6.01. The van der Waals surface area contributed by atoms with Gasteiger partial charge in [0.1, 0.15) is 0 Å². The van der Waals surface area contributed by atoms with E-state index in [0.29, 0.717) is 16.6 Å². The van der Waals surface area contributed by atoms with E-state index >= 15 is 0 Å². The SMILES string of the molecule is NC(=O)c1cnn2cc(-c3cccnc3F)cc2c1N. The molecule has 0 atom stereocenters. The molecule has 7 heteroatoms. The van der Waals surface area contributed by atoms with Crippen molar-refractivity contribution < 1.29 is 9.18 Å². The predicted octanol–water partition coefficient (Wildman–Crippen LogP) is 1.22. The first-order chi connectivity index (χ1) is 9.58. The molecule has 4 N–H and O–H groups in total. The Hall–Kier alpha value is -2.96. The monoisotopic (exact) mass is 271 g/mol. The number of nitrogens with two attached hydrogens (primary N) is 2. The van der Waals surface area contributed by atoms with Crippen LogP contribution in [0.15, 0.2) is 36.8 Å². The van der Waals surface area contributed by atoms with Crippen LogP contribution in [0.4, 0.5) is 10.1 Å². The van der Waals surface area contributed by atoms with Crippen molar-refractivity contribution in [2.75, 3.05) is 5.73 Å². The zero-order valence-corrected chi connectivity index (χ0v) is 10.2. The van der Waals surface area contributed by atoms with Crippen molar-refractivity contribution in [3.63, 3.8) is 0 Å². The summed E-state index contributed by atoms with van der Waals surface area (Å²) < 4.78 is 15.1. The fourth-order valence-corrected chi connectivity index (χ4v) is 2.02. The largest absolute Gasteiger partial charge is 0.396 e. The Labute approximate surface area is 112 Å². The number of anilines is 1. The van der Waals surface area contributed by atoms with Gasteiger partial charge in [-0.1, -0.05) is 0 Å². The van der Waals surface area contributed by atoms with Crippen LogP contribution < -0.4 is 11.5 Å². The van der Waals surface area contributed by atoms with Gasteiger partial charge in [0.05, 0.1) is 23.0 Å². The molecule has 0 aromatic carbocycles. The quantitative estimate of drug-likeness (QED) is 0.684. The molecular weight excluding hydrogens is 261 g/mol. The van der Waals surface area contributed by atoms with Crippen LogP contribution in [0, 0.1) is 5.95 Å². The number of rotatable bonds is 2. The molecular formula is C13H10FN5O. The lowest BCUT2D eigenvalue weighted by molar-refractivity contribution is 0.100. The van der Waals surface area contributed by atoms with Gasteiger partial charge in [-0.05, 0) is 18.2 Å². The van der Waals surface area contributed by atoms with Crippen LogP contribution in [0.1, 0.15) is 10.4 Å². The predicted molar refractivity (Wildman–Crippen MR) is 71.3 cm³/mol. The van der Waals surface area contributed by atoms with E-state index in [1.54, 1.807) is 24.4 Å². The number of hydrogen-bond acceptors (Lipinski definition) is 4. The number of pyridine rings is 1. The molecule has 0 saturated heterocycles. The summed E-state index contributed by atoms with van der Waals surface area (Å²) >= 11 is 0. The van der Waals surface area contributed by atoms with Gasteiger partial charge in [-0.25, -0.2) is 9.50 Å². The van der Waals surface area contributed by atoms with Gasteiger partial charge >= 0.3 is 0 Å². The van der Waals surface area contributed by atoms with Crippen molar-refractivity contribution in [1.29, 1.82) is 0 Å². The van der Waals surface area contributed by atoms with Gasteiger partial charge in [-0.3, -0.25) is 4.79 Å². The maximum absolute atomic E-state index is 13.7. The summed E-state index contributed by atoms with van der Waals surface area (Å²) in [5.41, 5.74) is 12.8. The van der Waals surface area contributed by atoms with Gasteiger partial charge in [0.15, 0.2) is 0 Å². The smallest absolute Gasteiger partial charge is 0.252 e.